The zero-order valence-corrected chi connectivity index (χ0v) is 19.4. The SMILES string of the molecule is CCOc1cccc2sc(N(CCN(CC)CC)C(=O)c3ccc(C(C)=O)cc3)nc12. The summed E-state index contributed by atoms with van der Waals surface area (Å²) in [5, 5.41) is 0.648. The first-order chi connectivity index (χ1) is 15.0. The van der Waals surface area contributed by atoms with E-state index in [9.17, 15) is 9.59 Å². The first kappa shape index (κ1) is 22.9. The van der Waals surface area contributed by atoms with E-state index in [4.69, 9.17) is 9.72 Å². The number of hydrogen-bond donors (Lipinski definition) is 0. The zero-order valence-electron chi connectivity index (χ0n) is 18.6. The van der Waals surface area contributed by atoms with Gasteiger partial charge in [0.25, 0.3) is 5.91 Å². The molecule has 6 nitrogen and oxygen atoms in total. The van der Waals surface area contributed by atoms with Crippen LogP contribution >= 0.6 is 11.3 Å². The number of anilines is 1. The second kappa shape index (κ2) is 10.5. The molecule has 0 aliphatic carbocycles. The number of aromatic nitrogens is 1. The lowest BCUT2D eigenvalue weighted by molar-refractivity contribution is 0.0980. The Balaban J connectivity index is 1.97. The molecule has 3 rings (SSSR count). The molecule has 0 aliphatic rings. The van der Waals surface area contributed by atoms with Crippen LogP contribution in [0.3, 0.4) is 0 Å². The average molecular weight is 440 g/mol. The van der Waals surface area contributed by atoms with Crippen molar-refractivity contribution < 1.29 is 14.3 Å². The summed E-state index contributed by atoms with van der Waals surface area (Å²) in [4.78, 5) is 33.8. The second-order valence-corrected chi connectivity index (χ2v) is 8.16. The van der Waals surface area contributed by atoms with Crippen molar-refractivity contribution in [3.05, 3.63) is 53.6 Å². The molecule has 7 heteroatoms. The average Bonchev–Trinajstić information content (AvgIpc) is 3.21. The molecule has 1 aromatic heterocycles. The Bertz CT molecular complexity index is 1040. The Morgan fingerprint density at radius 1 is 0.968 bits per heavy atom. The highest BCUT2D eigenvalue weighted by molar-refractivity contribution is 7.22. The highest BCUT2D eigenvalue weighted by Crippen LogP contribution is 2.34. The van der Waals surface area contributed by atoms with Crippen LogP contribution in [0.25, 0.3) is 10.2 Å². The Morgan fingerprint density at radius 2 is 1.65 bits per heavy atom. The van der Waals surface area contributed by atoms with Crippen LogP contribution in [-0.2, 0) is 0 Å². The van der Waals surface area contributed by atoms with Crippen LogP contribution in [0, 0.1) is 0 Å². The number of Topliss-reactive ketones (excluding diaryl/α,β-unsaturated/α-hetero) is 1. The molecule has 0 bridgehead atoms. The molecule has 0 aliphatic heterocycles. The molecule has 3 aromatic rings. The van der Waals surface area contributed by atoms with E-state index in [-0.39, 0.29) is 11.7 Å². The maximum absolute atomic E-state index is 13.5. The second-order valence-electron chi connectivity index (χ2n) is 7.15. The minimum Gasteiger partial charge on any atom is -0.492 e. The summed E-state index contributed by atoms with van der Waals surface area (Å²) < 4.78 is 6.71. The number of carbonyl (C=O) groups excluding carboxylic acids is 2. The lowest BCUT2D eigenvalue weighted by atomic mass is 10.1. The molecular weight excluding hydrogens is 410 g/mol. The van der Waals surface area contributed by atoms with Gasteiger partial charge in [-0.05, 0) is 51.2 Å². The van der Waals surface area contributed by atoms with Gasteiger partial charge in [-0.2, -0.15) is 0 Å². The van der Waals surface area contributed by atoms with Crippen molar-refractivity contribution in [3.63, 3.8) is 0 Å². The third kappa shape index (κ3) is 5.29. The molecule has 1 amide bonds. The van der Waals surface area contributed by atoms with Gasteiger partial charge in [0.1, 0.15) is 11.3 Å². The van der Waals surface area contributed by atoms with Crippen LogP contribution in [0.2, 0.25) is 0 Å². The molecule has 1 heterocycles. The van der Waals surface area contributed by atoms with Crippen molar-refractivity contribution in [2.45, 2.75) is 27.7 Å². The number of fused-ring (bicyclic) bond motifs is 1. The van der Waals surface area contributed by atoms with Gasteiger partial charge in [-0.25, -0.2) is 4.98 Å². The minimum atomic E-state index is -0.126. The first-order valence-corrected chi connectivity index (χ1v) is 11.5. The Kier molecular flexibility index (Phi) is 7.76. The molecule has 0 unspecified atom stereocenters. The van der Waals surface area contributed by atoms with Crippen LogP contribution in [0.1, 0.15) is 48.4 Å². The van der Waals surface area contributed by atoms with Gasteiger partial charge < -0.3 is 9.64 Å². The van der Waals surface area contributed by atoms with E-state index in [1.54, 1.807) is 29.2 Å². The number of para-hydroxylation sites is 1. The van der Waals surface area contributed by atoms with Crippen molar-refractivity contribution in [3.8, 4) is 5.75 Å². The van der Waals surface area contributed by atoms with E-state index >= 15 is 0 Å². The summed E-state index contributed by atoms with van der Waals surface area (Å²) in [5.74, 6) is 0.579. The molecule has 0 radical (unpaired) electrons. The van der Waals surface area contributed by atoms with Gasteiger partial charge in [-0.3, -0.25) is 14.5 Å². The highest BCUT2D eigenvalue weighted by Gasteiger charge is 2.23. The van der Waals surface area contributed by atoms with E-state index < -0.39 is 0 Å². The minimum absolute atomic E-state index is 0.0213. The van der Waals surface area contributed by atoms with Crippen molar-refractivity contribution in [2.75, 3.05) is 37.7 Å². The van der Waals surface area contributed by atoms with Gasteiger partial charge in [0.15, 0.2) is 10.9 Å². The number of amides is 1. The quantitative estimate of drug-likeness (QED) is 0.421. The van der Waals surface area contributed by atoms with Gasteiger partial charge in [0, 0.05) is 24.2 Å². The van der Waals surface area contributed by atoms with Crippen molar-refractivity contribution in [1.82, 2.24) is 9.88 Å². The predicted octanol–water partition coefficient (Wildman–Crippen LogP) is 4.89. The molecule has 0 fully saturated rings. The van der Waals surface area contributed by atoms with Gasteiger partial charge in [-0.1, -0.05) is 43.4 Å². The molecule has 0 atom stereocenters. The monoisotopic (exact) mass is 439 g/mol. The number of benzene rings is 2. The van der Waals surface area contributed by atoms with E-state index in [2.05, 4.69) is 18.7 Å². The molecule has 0 spiro atoms. The van der Waals surface area contributed by atoms with Crippen LogP contribution in [-0.4, -0.2) is 54.4 Å². The number of rotatable bonds is 10. The summed E-state index contributed by atoms with van der Waals surface area (Å²) in [5.41, 5.74) is 1.90. The molecule has 2 aromatic carbocycles. The van der Waals surface area contributed by atoms with Crippen LogP contribution in [0.15, 0.2) is 42.5 Å². The molecule has 164 valence electrons. The van der Waals surface area contributed by atoms with Gasteiger partial charge in [0.05, 0.1) is 11.3 Å². The normalized spacial score (nSPS) is 11.1. The summed E-state index contributed by atoms with van der Waals surface area (Å²) in [7, 11) is 0. The largest absolute Gasteiger partial charge is 0.492 e. The van der Waals surface area contributed by atoms with E-state index in [1.165, 1.54) is 18.3 Å². The third-order valence-corrected chi connectivity index (χ3v) is 6.26. The Morgan fingerprint density at radius 3 is 2.26 bits per heavy atom. The maximum atomic E-state index is 13.5. The lowest BCUT2D eigenvalue weighted by Gasteiger charge is -2.24. The molecule has 0 saturated carbocycles. The number of thiazole rings is 1. The summed E-state index contributed by atoms with van der Waals surface area (Å²) in [6.07, 6.45) is 0. The van der Waals surface area contributed by atoms with Gasteiger partial charge in [-0.15, -0.1) is 0 Å². The summed E-state index contributed by atoms with van der Waals surface area (Å²) >= 11 is 1.48. The fourth-order valence-electron chi connectivity index (χ4n) is 3.37. The highest BCUT2D eigenvalue weighted by atomic mass is 32.1. The fraction of sp³-hybridized carbons (Fsp3) is 0.375. The number of carbonyl (C=O) groups is 2. The maximum Gasteiger partial charge on any atom is 0.260 e. The Labute approximate surface area is 187 Å². The Hall–Kier alpha value is -2.77. The van der Waals surface area contributed by atoms with E-state index in [1.807, 2.05) is 25.1 Å². The number of ketones is 1. The molecule has 0 saturated heterocycles. The summed E-state index contributed by atoms with van der Waals surface area (Å²) in [6.45, 7) is 11.3. The predicted molar refractivity (Wildman–Crippen MR) is 127 cm³/mol. The van der Waals surface area contributed by atoms with Crippen LogP contribution < -0.4 is 9.64 Å². The molecular formula is C24H29N3O3S. The summed E-state index contributed by atoms with van der Waals surface area (Å²) in [6, 6.07) is 12.7. The first-order valence-electron chi connectivity index (χ1n) is 10.7. The van der Waals surface area contributed by atoms with Crippen LogP contribution in [0.4, 0.5) is 5.13 Å². The fourth-order valence-corrected chi connectivity index (χ4v) is 4.38. The molecule has 31 heavy (non-hydrogen) atoms. The number of ether oxygens (including phenoxy) is 1. The standard InChI is InChI=1S/C24H29N3O3S/c1-5-26(6-2)15-16-27(23(29)19-13-11-18(12-14-19)17(4)28)24-25-22-20(30-7-3)9-8-10-21(22)31-24/h8-14H,5-7,15-16H2,1-4H3. The lowest BCUT2D eigenvalue weighted by Crippen LogP contribution is -2.38. The molecule has 0 N–H and O–H groups in total. The number of hydrogen-bond acceptors (Lipinski definition) is 6. The van der Waals surface area contributed by atoms with Gasteiger partial charge >= 0.3 is 0 Å². The van der Waals surface area contributed by atoms with Crippen molar-refractivity contribution >= 4 is 38.4 Å². The van der Waals surface area contributed by atoms with Gasteiger partial charge in [0.2, 0.25) is 0 Å². The smallest absolute Gasteiger partial charge is 0.260 e. The topological polar surface area (TPSA) is 62.7 Å². The third-order valence-electron chi connectivity index (χ3n) is 5.22. The zero-order chi connectivity index (χ0) is 22.4. The van der Waals surface area contributed by atoms with Crippen molar-refractivity contribution in [1.29, 1.82) is 0 Å². The van der Waals surface area contributed by atoms with Crippen molar-refractivity contribution in [2.24, 2.45) is 0 Å². The van der Waals surface area contributed by atoms with E-state index in [0.29, 0.717) is 29.4 Å². The van der Waals surface area contributed by atoms with Crippen LogP contribution in [0.5, 0.6) is 5.75 Å². The number of likely N-dealkylation sites (N-methyl/N-ethyl adjacent to an activating group) is 1. The number of nitrogens with zero attached hydrogens (tertiary/aromatic N) is 3. The van der Waals surface area contributed by atoms with E-state index in [0.717, 1.165) is 35.6 Å².